The van der Waals surface area contributed by atoms with Crippen LogP contribution in [0.4, 0.5) is 0 Å². The molecular formula is C19H27N3O3. The summed E-state index contributed by atoms with van der Waals surface area (Å²) in [6, 6.07) is 3.90. The summed E-state index contributed by atoms with van der Waals surface area (Å²) in [6.45, 7) is 6.52. The Hall–Kier alpha value is -2.11. The number of pyridine rings is 1. The molecule has 25 heavy (non-hydrogen) atoms. The first-order valence-corrected chi connectivity index (χ1v) is 9.23. The van der Waals surface area contributed by atoms with Crippen molar-refractivity contribution in [2.45, 2.75) is 64.9 Å². The number of fused-ring (bicyclic) bond motifs is 1. The number of ether oxygens (including phenoxy) is 2. The second-order valence-corrected chi connectivity index (χ2v) is 7.08. The van der Waals surface area contributed by atoms with Crippen molar-refractivity contribution in [3.63, 3.8) is 0 Å². The Balaban J connectivity index is 1.58. The maximum atomic E-state index is 11.6. The number of rotatable bonds is 6. The Bertz CT molecular complexity index is 718. The molecule has 0 N–H and O–H groups in total. The van der Waals surface area contributed by atoms with Crippen molar-refractivity contribution >= 4 is 11.6 Å². The Morgan fingerprint density at radius 1 is 1.24 bits per heavy atom. The van der Waals surface area contributed by atoms with E-state index < -0.39 is 0 Å². The molecule has 2 heterocycles. The zero-order valence-corrected chi connectivity index (χ0v) is 15.3. The summed E-state index contributed by atoms with van der Waals surface area (Å²) >= 11 is 0. The predicted molar refractivity (Wildman–Crippen MR) is 94.7 cm³/mol. The van der Waals surface area contributed by atoms with E-state index in [4.69, 9.17) is 9.47 Å². The standard InChI is InChI=1S/C19H27N3O3/c1-4-24-18(23)11-14-5-7-15(8-6-14)25-16-9-10-17-20-21-19(13(2)3)22(17)12-16/h9-10,12-15H,4-8,11H2,1-3H3. The predicted octanol–water partition coefficient (Wildman–Crippen LogP) is 3.74. The smallest absolute Gasteiger partial charge is 0.306 e. The summed E-state index contributed by atoms with van der Waals surface area (Å²) < 4.78 is 13.2. The van der Waals surface area contributed by atoms with E-state index in [1.165, 1.54) is 0 Å². The zero-order chi connectivity index (χ0) is 17.8. The molecule has 1 fully saturated rings. The second-order valence-electron chi connectivity index (χ2n) is 7.08. The third kappa shape index (κ3) is 4.30. The van der Waals surface area contributed by atoms with Crippen molar-refractivity contribution < 1.29 is 14.3 Å². The molecule has 0 aliphatic heterocycles. The molecule has 1 saturated carbocycles. The molecule has 1 aliphatic rings. The van der Waals surface area contributed by atoms with Gasteiger partial charge in [0.25, 0.3) is 0 Å². The van der Waals surface area contributed by atoms with Crippen LogP contribution in [0.2, 0.25) is 0 Å². The number of hydrogen-bond donors (Lipinski definition) is 0. The van der Waals surface area contributed by atoms with Gasteiger partial charge in [-0.05, 0) is 50.7 Å². The first kappa shape index (κ1) is 17.7. The van der Waals surface area contributed by atoms with Gasteiger partial charge in [-0.2, -0.15) is 0 Å². The third-order valence-electron chi connectivity index (χ3n) is 4.78. The Morgan fingerprint density at radius 2 is 2.00 bits per heavy atom. The molecule has 136 valence electrons. The summed E-state index contributed by atoms with van der Waals surface area (Å²) in [5.41, 5.74) is 0.842. The van der Waals surface area contributed by atoms with Crippen LogP contribution < -0.4 is 4.74 Å². The molecule has 0 spiro atoms. The van der Waals surface area contributed by atoms with Crippen LogP contribution in [0, 0.1) is 5.92 Å². The van der Waals surface area contributed by atoms with Crippen molar-refractivity contribution in [1.82, 2.24) is 14.6 Å². The van der Waals surface area contributed by atoms with E-state index in [0.717, 1.165) is 42.9 Å². The van der Waals surface area contributed by atoms with Gasteiger partial charge in [0.1, 0.15) is 11.6 Å². The number of nitrogens with zero attached hydrogens (tertiary/aromatic N) is 3. The molecule has 6 heteroatoms. The van der Waals surface area contributed by atoms with E-state index in [1.807, 2.05) is 29.7 Å². The summed E-state index contributed by atoms with van der Waals surface area (Å²) in [5, 5.41) is 8.44. The van der Waals surface area contributed by atoms with E-state index in [9.17, 15) is 4.79 Å². The Labute approximate surface area is 148 Å². The topological polar surface area (TPSA) is 65.7 Å². The van der Waals surface area contributed by atoms with Gasteiger partial charge in [-0.25, -0.2) is 0 Å². The fourth-order valence-electron chi connectivity index (χ4n) is 3.45. The highest BCUT2D eigenvalue weighted by Crippen LogP contribution is 2.30. The van der Waals surface area contributed by atoms with Gasteiger partial charge in [-0.3, -0.25) is 9.20 Å². The average molecular weight is 345 g/mol. The van der Waals surface area contributed by atoms with Crippen molar-refractivity contribution in [3.8, 4) is 5.75 Å². The second kappa shape index (κ2) is 7.85. The molecule has 0 aromatic carbocycles. The first-order chi connectivity index (χ1) is 12.1. The number of esters is 1. The molecule has 0 amide bonds. The van der Waals surface area contributed by atoms with Gasteiger partial charge in [0.2, 0.25) is 0 Å². The fourth-order valence-corrected chi connectivity index (χ4v) is 3.45. The van der Waals surface area contributed by atoms with Crippen LogP contribution in [0.1, 0.15) is 64.6 Å². The minimum absolute atomic E-state index is 0.0776. The SMILES string of the molecule is CCOC(=O)CC1CCC(Oc2ccc3nnc(C(C)C)n3c2)CC1. The van der Waals surface area contributed by atoms with Crippen LogP contribution >= 0.6 is 0 Å². The summed E-state index contributed by atoms with van der Waals surface area (Å²) in [6.07, 6.45) is 6.68. The molecule has 6 nitrogen and oxygen atoms in total. The number of carbonyl (C=O) groups excluding carboxylic acids is 1. The van der Waals surface area contributed by atoms with Crippen LogP contribution in [-0.4, -0.2) is 33.3 Å². The van der Waals surface area contributed by atoms with Gasteiger partial charge in [0.05, 0.1) is 18.9 Å². The maximum absolute atomic E-state index is 11.6. The minimum Gasteiger partial charge on any atom is -0.489 e. The Morgan fingerprint density at radius 3 is 2.68 bits per heavy atom. The highest BCUT2D eigenvalue weighted by molar-refractivity contribution is 5.69. The van der Waals surface area contributed by atoms with Crippen LogP contribution in [0.3, 0.4) is 0 Å². The quantitative estimate of drug-likeness (QED) is 0.746. The normalized spacial score (nSPS) is 20.8. The molecule has 0 atom stereocenters. The van der Waals surface area contributed by atoms with E-state index in [1.54, 1.807) is 0 Å². The highest BCUT2D eigenvalue weighted by atomic mass is 16.5. The third-order valence-corrected chi connectivity index (χ3v) is 4.78. The van der Waals surface area contributed by atoms with Crippen molar-refractivity contribution in [3.05, 3.63) is 24.2 Å². The fraction of sp³-hybridized carbons (Fsp3) is 0.632. The van der Waals surface area contributed by atoms with Gasteiger partial charge < -0.3 is 9.47 Å². The summed E-state index contributed by atoms with van der Waals surface area (Å²) in [4.78, 5) is 11.6. The van der Waals surface area contributed by atoms with Crippen molar-refractivity contribution in [1.29, 1.82) is 0 Å². The summed E-state index contributed by atoms with van der Waals surface area (Å²) in [5.74, 6) is 2.45. The molecule has 3 rings (SSSR count). The molecule has 0 saturated heterocycles. The number of carbonyl (C=O) groups is 1. The maximum Gasteiger partial charge on any atom is 0.306 e. The van der Waals surface area contributed by atoms with E-state index in [0.29, 0.717) is 24.9 Å². The molecule has 0 bridgehead atoms. The molecule has 1 aliphatic carbocycles. The lowest BCUT2D eigenvalue weighted by Crippen LogP contribution is -2.25. The lowest BCUT2D eigenvalue weighted by molar-refractivity contribution is -0.144. The van der Waals surface area contributed by atoms with Crippen LogP contribution in [0.15, 0.2) is 18.3 Å². The molecule has 2 aromatic rings. The molecule has 0 unspecified atom stereocenters. The summed E-state index contributed by atoms with van der Waals surface area (Å²) in [7, 11) is 0. The van der Waals surface area contributed by atoms with Gasteiger partial charge in [0.15, 0.2) is 5.65 Å². The minimum atomic E-state index is -0.0776. The monoisotopic (exact) mass is 345 g/mol. The largest absolute Gasteiger partial charge is 0.489 e. The van der Waals surface area contributed by atoms with Gasteiger partial charge in [0, 0.05) is 12.3 Å². The lowest BCUT2D eigenvalue weighted by Gasteiger charge is -2.28. The van der Waals surface area contributed by atoms with Crippen molar-refractivity contribution in [2.75, 3.05) is 6.61 Å². The molecule has 2 aromatic heterocycles. The van der Waals surface area contributed by atoms with E-state index in [-0.39, 0.29) is 12.1 Å². The van der Waals surface area contributed by atoms with Crippen LogP contribution in [0.25, 0.3) is 5.65 Å². The Kier molecular flexibility index (Phi) is 5.56. The van der Waals surface area contributed by atoms with Gasteiger partial charge in [-0.1, -0.05) is 13.8 Å². The first-order valence-electron chi connectivity index (χ1n) is 9.23. The number of hydrogen-bond acceptors (Lipinski definition) is 5. The lowest BCUT2D eigenvalue weighted by atomic mass is 9.85. The average Bonchev–Trinajstić information content (AvgIpc) is 3.00. The van der Waals surface area contributed by atoms with Gasteiger partial charge in [-0.15, -0.1) is 10.2 Å². The van der Waals surface area contributed by atoms with Crippen molar-refractivity contribution in [2.24, 2.45) is 5.92 Å². The molecule has 0 radical (unpaired) electrons. The van der Waals surface area contributed by atoms with E-state index >= 15 is 0 Å². The number of aromatic nitrogens is 3. The van der Waals surface area contributed by atoms with Crippen LogP contribution in [-0.2, 0) is 9.53 Å². The van der Waals surface area contributed by atoms with E-state index in [2.05, 4.69) is 24.0 Å². The van der Waals surface area contributed by atoms with Gasteiger partial charge >= 0.3 is 5.97 Å². The molecular weight excluding hydrogens is 318 g/mol. The zero-order valence-electron chi connectivity index (χ0n) is 15.3. The van der Waals surface area contributed by atoms with Crippen LogP contribution in [0.5, 0.6) is 5.75 Å². The highest BCUT2D eigenvalue weighted by Gasteiger charge is 2.25.